The van der Waals surface area contributed by atoms with Crippen LogP contribution in [0.3, 0.4) is 0 Å². The van der Waals surface area contributed by atoms with Crippen LogP contribution in [0.5, 0.6) is 0 Å². The minimum atomic E-state index is 0.630. The van der Waals surface area contributed by atoms with Gasteiger partial charge < -0.3 is 0 Å². The maximum Gasteiger partial charge on any atom is 0.166 e. The van der Waals surface area contributed by atoms with Crippen LogP contribution in [0.25, 0.3) is 0 Å². The molecule has 0 aromatic heterocycles. The van der Waals surface area contributed by atoms with Gasteiger partial charge in [-0.25, -0.2) is 0 Å². The summed E-state index contributed by atoms with van der Waals surface area (Å²) >= 11 is 0. The lowest BCUT2D eigenvalue weighted by Crippen LogP contribution is -2.11. The summed E-state index contributed by atoms with van der Waals surface area (Å²) in [6.45, 7) is 2.85. The van der Waals surface area contributed by atoms with Crippen LogP contribution >= 0.6 is 0 Å². The first kappa shape index (κ1) is 8.94. The summed E-state index contributed by atoms with van der Waals surface area (Å²) in [5, 5.41) is 6.05. The smallest absolute Gasteiger partial charge is 0.166 e. The molecule has 2 rings (SSSR count). The second kappa shape index (κ2) is 3.62. The fourth-order valence-electron chi connectivity index (χ4n) is 1.46. The lowest BCUT2D eigenvalue weighted by molar-refractivity contribution is -0.102. The van der Waals surface area contributed by atoms with E-state index in [4.69, 9.17) is 0 Å². The van der Waals surface area contributed by atoms with E-state index < -0.39 is 0 Å². The molecule has 1 aromatic carbocycles. The number of aryl methyl sites for hydroxylation is 1. The van der Waals surface area contributed by atoms with E-state index in [-0.39, 0.29) is 0 Å². The number of nitrogens with zero attached hydrogens (tertiary/aromatic N) is 2. The van der Waals surface area contributed by atoms with Crippen molar-refractivity contribution in [3.05, 3.63) is 29.8 Å². The molecule has 0 radical (unpaired) electrons. The van der Waals surface area contributed by atoms with Crippen LogP contribution in [0.2, 0.25) is 0 Å². The van der Waals surface area contributed by atoms with E-state index in [1.807, 2.05) is 36.2 Å². The topological polar surface area (TPSA) is 32.7 Å². The molecule has 0 saturated heterocycles. The summed E-state index contributed by atoms with van der Waals surface area (Å²) in [4.78, 5) is 10.5. The molecule has 1 aliphatic rings. The largest absolute Gasteiger partial charge is 0.296 e. The summed E-state index contributed by atoms with van der Waals surface area (Å²) in [6.07, 6.45) is 1.57. The molecule has 3 heteroatoms. The van der Waals surface area contributed by atoms with Gasteiger partial charge in [0, 0.05) is 13.0 Å². The van der Waals surface area contributed by atoms with Crippen LogP contribution in [0.4, 0.5) is 5.69 Å². The quantitative estimate of drug-likeness (QED) is 0.662. The number of benzene rings is 1. The van der Waals surface area contributed by atoms with E-state index in [1.165, 1.54) is 5.56 Å². The van der Waals surface area contributed by atoms with Gasteiger partial charge in [0.05, 0.1) is 5.69 Å². The number of anilines is 1. The van der Waals surface area contributed by atoms with Gasteiger partial charge in [0.25, 0.3) is 0 Å². The second-order valence-electron chi connectivity index (χ2n) is 3.42. The average Bonchev–Trinajstić information content (AvgIpc) is 2.67. The van der Waals surface area contributed by atoms with Crippen molar-refractivity contribution in [2.45, 2.75) is 13.3 Å². The molecule has 1 aromatic rings. The maximum absolute atomic E-state index is 10.5. The van der Waals surface area contributed by atoms with Crippen LogP contribution < -0.4 is 5.01 Å². The van der Waals surface area contributed by atoms with Gasteiger partial charge in [0.15, 0.2) is 6.29 Å². The molecule has 0 fully saturated rings. The zero-order chi connectivity index (χ0) is 9.97. The zero-order valence-electron chi connectivity index (χ0n) is 8.10. The fourth-order valence-corrected chi connectivity index (χ4v) is 1.46. The third-order valence-corrected chi connectivity index (χ3v) is 2.30. The lowest BCUT2D eigenvalue weighted by atomic mass is 10.2. The average molecular weight is 188 g/mol. The first-order valence-corrected chi connectivity index (χ1v) is 4.66. The van der Waals surface area contributed by atoms with Crippen molar-refractivity contribution in [3.8, 4) is 0 Å². The summed E-state index contributed by atoms with van der Waals surface area (Å²) in [5.74, 6) is 0. The summed E-state index contributed by atoms with van der Waals surface area (Å²) in [6, 6.07) is 8.13. The Bertz CT molecular complexity index is 367. The van der Waals surface area contributed by atoms with Crippen molar-refractivity contribution in [3.63, 3.8) is 0 Å². The van der Waals surface area contributed by atoms with Gasteiger partial charge in [-0.05, 0) is 19.1 Å². The first-order valence-electron chi connectivity index (χ1n) is 4.66. The monoisotopic (exact) mass is 188 g/mol. The first-order chi connectivity index (χ1) is 6.79. The molecule has 14 heavy (non-hydrogen) atoms. The van der Waals surface area contributed by atoms with Gasteiger partial charge in [-0.2, -0.15) is 5.10 Å². The maximum atomic E-state index is 10.5. The zero-order valence-corrected chi connectivity index (χ0v) is 8.10. The summed E-state index contributed by atoms with van der Waals surface area (Å²) in [7, 11) is 0. The van der Waals surface area contributed by atoms with Crippen molar-refractivity contribution in [2.75, 3.05) is 11.6 Å². The third-order valence-electron chi connectivity index (χ3n) is 2.30. The summed E-state index contributed by atoms with van der Waals surface area (Å²) < 4.78 is 0. The number of hydrazone groups is 1. The molecule has 1 heterocycles. The third kappa shape index (κ3) is 1.66. The predicted molar refractivity (Wildman–Crippen MR) is 56.6 cm³/mol. The molecule has 0 N–H and O–H groups in total. The molecule has 0 atom stereocenters. The van der Waals surface area contributed by atoms with Gasteiger partial charge in [-0.3, -0.25) is 9.80 Å². The number of carbonyl (C=O) groups excluding carboxylic acids is 1. The number of hydrogen-bond acceptors (Lipinski definition) is 3. The predicted octanol–water partition coefficient (Wildman–Crippen LogP) is 1.76. The van der Waals surface area contributed by atoms with Crippen LogP contribution in [0, 0.1) is 6.92 Å². The molecular formula is C11H12N2O. The SMILES string of the molecule is Cc1ccc(N2CCC(C=O)=N2)cc1. The molecule has 0 amide bonds. The number of hydrogen-bond donors (Lipinski definition) is 0. The Hall–Kier alpha value is -1.64. The molecule has 0 saturated carbocycles. The Balaban J connectivity index is 2.21. The summed E-state index contributed by atoms with van der Waals surface area (Å²) in [5.41, 5.74) is 2.91. The van der Waals surface area contributed by atoms with Gasteiger partial charge in [-0.1, -0.05) is 17.7 Å². The van der Waals surface area contributed by atoms with E-state index in [0.29, 0.717) is 5.71 Å². The van der Waals surface area contributed by atoms with E-state index >= 15 is 0 Å². The molecular weight excluding hydrogens is 176 g/mol. The normalized spacial score (nSPS) is 15.5. The highest BCUT2D eigenvalue weighted by atomic mass is 16.1. The Labute approximate surface area is 83.0 Å². The standard InChI is InChI=1S/C11H12N2O/c1-9-2-4-11(5-3-9)13-7-6-10(8-14)12-13/h2-5,8H,6-7H2,1H3. The van der Waals surface area contributed by atoms with E-state index in [2.05, 4.69) is 5.10 Å². The highest BCUT2D eigenvalue weighted by Gasteiger charge is 2.14. The van der Waals surface area contributed by atoms with Gasteiger partial charge >= 0.3 is 0 Å². The van der Waals surface area contributed by atoms with Crippen molar-refractivity contribution < 1.29 is 4.79 Å². The Morgan fingerprint density at radius 2 is 2.07 bits per heavy atom. The van der Waals surface area contributed by atoms with Crippen LogP contribution in [-0.2, 0) is 4.79 Å². The molecule has 0 aliphatic carbocycles. The van der Waals surface area contributed by atoms with Crippen molar-refractivity contribution in [1.29, 1.82) is 0 Å². The Morgan fingerprint density at radius 3 is 2.64 bits per heavy atom. The van der Waals surface area contributed by atoms with Crippen LogP contribution in [-0.4, -0.2) is 18.5 Å². The van der Waals surface area contributed by atoms with Crippen LogP contribution in [0.1, 0.15) is 12.0 Å². The Morgan fingerprint density at radius 1 is 1.36 bits per heavy atom. The van der Waals surface area contributed by atoms with Crippen molar-refractivity contribution >= 4 is 17.7 Å². The molecule has 1 aliphatic heterocycles. The Kier molecular flexibility index (Phi) is 2.31. The van der Waals surface area contributed by atoms with E-state index in [1.54, 1.807) is 0 Å². The number of rotatable bonds is 2. The van der Waals surface area contributed by atoms with Gasteiger partial charge in [-0.15, -0.1) is 0 Å². The minimum absolute atomic E-state index is 0.630. The molecule has 0 spiro atoms. The van der Waals surface area contributed by atoms with Crippen molar-refractivity contribution in [1.82, 2.24) is 0 Å². The lowest BCUT2D eigenvalue weighted by Gasteiger charge is -2.13. The molecule has 72 valence electrons. The number of carbonyl (C=O) groups is 1. The molecule has 0 bridgehead atoms. The molecule has 3 nitrogen and oxygen atoms in total. The van der Waals surface area contributed by atoms with Gasteiger partial charge in [0.1, 0.15) is 5.71 Å². The van der Waals surface area contributed by atoms with Gasteiger partial charge in [0.2, 0.25) is 0 Å². The van der Waals surface area contributed by atoms with Crippen molar-refractivity contribution in [2.24, 2.45) is 5.10 Å². The highest BCUT2D eigenvalue weighted by molar-refractivity contribution is 6.29. The highest BCUT2D eigenvalue weighted by Crippen LogP contribution is 2.19. The molecule has 0 unspecified atom stereocenters. The minimum Gasteiger partial charge on any atom is -0.296 e. The number of aldehydes is 1. The fraction of sp³-hybridized carbons (Fsp3) is 0.273. The van der Waals surface area contributed by atoms with E-state index in [0.717, 1.165) is 24.9 Å². The second-order valence-corrected chi connectivity index (χ2v) is 3.42. The van der Waals surface area contributed by atoms with Crippen LogP contribution in [0.15, 0.2) is 29.4 Å². The van der Waals surface area contributed by atoms with E-state index in [9.17, 15) is 4.79 Å².